The number of anilines is 1. The first kappa shape index (κ1) is 27.9. The van der Waals surface area contributed by atoms with Crippen molar-refractivity contribution >= 4 is 34.6 Å². The second-order valence-electron chi connectivity index (χ2n) is 11.3. The number of carbonyl (C=O) groups is 3. The van der Waals surface area contributed by atoms with E-state index in [0.29, 0.717) is 56.5 Å². The van der Waals surface area contributed by atoms with Crippen LogP contribution in [0, 0.1) is 5.92 Å². The van der Waals surface area contributed by atoms with Gasteiger partial charge >= 0.3 is 6.03 Å². The van der Waals surface area contributed by atoms with Gasteiger partial charge in [0.2, 0.25) is 11.8 Å². The second kappa shape index (κ2) is 12.3. The summed E-state index contributed by atoms with van der Waals surface area (Å²) in [7, 11) is 1.63. The molecule has 3 aromatic rings. The first-order valence-electron chi connectivity index (χ1n) is 14.8. The third-order valence-electron chi connectivity index (χ3n) is 8.29. The van der Waals surface area contributed by atoms with E-state index >= 15 is 0 Å². The van der Waals surface area contributed by atoms with E-state index < -0.39 is 0 Å². The Morgan fingerprint density at radius 2 is 1.98 bits per heavy atom. The Morgan fingerprint density at radius 1 is 1.10 bits per heavy atom. The summed E-state index contributed by atoms with van der Waals surface area (Å²) >= 11 is 0. The van der Waals surface area contributed by atoms with Gasteiger partial charge in [-0.25, -0.2) is 9.78 Å². The minimum absolute atomic E-state index is 0.0611. The van der Waals surface area contributed by atoms with Crippen LogP contribution < -0.4 is 19.7 Å². The second-order valence-corrected chi connectivity index (χ2v) is 11.3. The van der Waals surface area contributed by atoms with E-state index in [-0.39, 0.29) is 30.9 Å². The lowest BCUT2D eigenvalue weighted by atomic mass is 10.1. The van der Waals surface area contributed by atoms with Crippen LogP contribution in [0.5, 0.6) is 11.5 Å². The van der Waals surface area contributed by atoms with Gasteiger partial charge in [-0.05, 0) is 55.0 Å². The molecule has 0 radical (unpaired) electrons. The maximum atomic E-state index is 13.7. The molecule has 2 aromatic heterocycles. The van der Waals surface area contributed by atoms with Crippen molar-refractivity contribution in [2.24, 2.45) is 5.92 Å². The SMILES string of the molecule is COc1ccc(N2CCCN(Cc3ccnc4c3ccn4CC(=O)N3CCNC(=O)C3)C2=O)cc1OCCCC1CC1. The van der Waals surface area contributed by atoms with E-state index in [1.807, 2.05) is 46.0 Å². The van der Waals surface area contributed by atoms with Crippen molar-refractivity contribution in [2.75, 3.05) is 51.3 Å². The number of hydrogen-bond donors (Lipinski definition) is 1. The van der Waals surface area contributed by atoms with E-state index in [0.717, 1.165) is 35.4 Å². The van der Waals surface area contributed by atoms with Gasteiger partial charge < -0.3 is 29.2 Å². The van der Waals surface area contributed by atoms with Gasteiger partial charge in [0.05, 0.1) is 20.3 Å². The van der Waals surface area contributed by atoms with Gasteiger partial charge in [0.1, 0.15) is 12.2 Å². The van der Waals surface area contributed by atoms with Crippen LogP contribution >= 0.6 is 0 Å². The first-order valence-corrected chi connectivity index (χ1v) is 14.8. The van der Waals surface area contributed by atoms with E-state index in [9.17, 15) is 14.4 Å². The van der Waals surface area contributed by atoms with Gasteiger partial charge in [-0.15, -0.1) is 0 Å². The number of aromatic nitrogens is 2. The van der Waals surface area contributed by atoms with Gasteiger partial charge in [-0.2, -0.15) is 0 Å². The molecule has 1 saturated carbocycles. The summed E-state index contributed by atoms with van der Waals surface area (Å²) in [5, 5.41) is 3.64. The van der Waals surface area contributed by atoms with Crippen LogP contribution in [-0.2, 0) is 22.7 Å². The Bertz CT molecular complexity index is 1470. The van der Waals surface area contributed by atoms with E-state index in [1.165, 1.54) is 19.3 Å². The summed E-state index contributed by atoms with van der Waals surface area (Å²) < 4.78 is 13.4. The topological polar surface area (TPSA) is 109 Å². The molecule has 11 heteroatoms. The highest BCUT2D eigenvalue weighted by Gasteiger charge is 2.29. The number of methoxy groups -OCH3 is 1. The predicted molar refractivity (Wildman–Crippen MR) is 158 cm³/mol. The van der Waals surface area contributed by atoms with Crippen LogP contribution in [0.3, 0.4) is 0 Å². The molecule has 42 heavy (non-hydrogen) atoms. The van der Waals surface area contributed by atoms with Crippen LogP contribution in [-0.4, -0.2) is 83.6 Å². The Morgan fingerprint density at radius 3 is 2.79 bits per heavy atom. The van der Waals surface area contributed by atoms with E-state index in [2.05, 4.69) is 10.3 Å². The highest BCUT2D eigenvalue weighted by atomic mass is 16.5. The molecule has 4 heterocycles. The summed E-state index contributed by atoms with van der Waals surface area (Å²) in [6.07, 6.45) is 9.28. The Balaban J connectivity index is 1.14. The van der Waals surface area contributed by atoms with Crippen molar-refractivity contribution in [1.82, 2.24) is 24.7 Å². The smallest absolute Gasteiger partial charge is 0.324 e. The number of benzene rings is 1. The zero-order valence-corrected chi connectivity index (χ0v) is 24.1. The molecule has 0 bridgehead atoms. The number of piperazine rings is 1. The molecule has 4 amide bonds. The summed E-state index contributed by atoms with van der Waals surface area (Å²) in [5.41, 5.74) is 2.44. The first-order chi connectivity index (χ1) is 20.5. The molecular weight excluding hydrogens is 536 g/mol. The van der Waals surface area contributed by atoms with Crippen LogP contribution in [0.4, 0.5) is 10.5 Å². The quantitative estimate of drug-likeness (QED) is 0.352. The van der Waals surface area contributed by atoms with Crippen molar-refractivity contribution in [2.45, 2.75) is 45.2 Å². The third-order valence-corrected chi connectivity index (χ3v) is 8.29. The molecule has 0 spiro atoms. The van der Waals surface area contributed by atoms with Gasteiger partial charge in [-0.3, -0.25) is 14.5 Å². The number of hydrogen-bond acceptors (Lipinski definition) is 6. The fourth-order valence-electron chi connectivity index (χ4n) is 5.79. The van der Waals surface area contributed by atoms with Crippen molar-refractivity contribution in [3.05, 3.63) is 48.3 Å². The summed E-state index contributed by atoms with van der Waals surface area (Å²) in [4.78, 5) is 48.0. The lowest BCUT2D eigenvalue weighted by Gasteiger charge is -2.36. The average Bonchev–Trinajstić information content (AvgIpc) is 3.74. The molecule has 2 saturated heterocycles. The maximum absolute atomic E-state index is 13.7. The molecule has 1 N–H and O–H groups in total. The molecular formula is C31H38N6O5. The van der Waals surface area contributed by atoms with Gasteiger partial charge in [0, 0.05) is 62.3 Å². The van der Waals surface area contributed by atoms with Crippen LogP contribution in [0.25, 0.3) is 11.0 Å². The lowest BCUT2D eigenvalue weighted by Crippen LogP contribution is -2.50. The zero-order chi connectivity index (χ0) is 29.1. The highest BCUT2D eigenvalue weighted by Crippen LogP contribution is 2.35. The standard InChI is InChI=1S/C31H38N6O5/c1-41-26-8-7-24(18-27(26)42-17-2-4-22-5-6-22)37-14-3-13-36(31(37)40)19-23-9-11-33-30-25(23)10-15-35(30)21-29(39)34-16-12-32-28(38)20-34/h7-11,15,18,22H,2-6,12-14,16-17,19-21H2,1H3,(H,32,38). The molecule has 0 unspecified atom stereocenters. The number of nitrogens with zero attached hydrogens (tertiary/aromatic N) is 5. The molecule has 222 valence electrons. The number of ether oxygens (including phenoxy) is 2. The molecule has 11 nitrogen and oxygen atoms in total. The molecule has 3 aliphatic rings. The minimum Gasteiger partial charge on any atom is -0.493 e. The molecule has 6 rings (SSSR count). The van der Waals surface area contributed by atoms with Gasteiger partial charge in [-0.1, -0.05) is 12.8 Å². The molecule has 2 aliphatic heterocycles. The van der Waals surface area contributed by atoms with Crippen molar-refractivity contribution in [3.63, 3.8) is 0 Å². The van der Waals surface area contributed by atoms with Gasteiger partial charge in [0.25, 0.3) is 0 Å². The number of amides is 4. The fourth-order valence-corrected chi connectivity index (χ4v) is 5.79. The highest BCUT2D eigenvalue weighted by molar-refractivity contribution is 5.93. The number of fused-ring (bicyclic) bond motifs is 1. The Hall–Kier alpha value is -4.28. The monoisotopic (exact) mass is 574 g/mol. The van der Waals surface area contributed by atoms with E-state index in [1.54, 1.807) is 23.1 Å². The summed E-state index contributed by atoms with van der Waals surface area (Å²) in [5.74, 6) is 1.92. The minimum atomic E-state index is -0.144. The lowest BCUT2D eigenvalue weighted by molar-refractivity contribution is -0.138. The fraction of sp³-hybridized carbons (Fsp3) is 0.484. The number of urea groups is 1. The van der Waals surface area contributed by atoms with Crippen molar-refractivity contribution in [3.8, 4) is 11.5 Å². The predicted octanol–water partition coefficient (Wildman–Crippen LogP) is 3.40. The molecule has 0 atom stereocenters. The average molecular weight is 575 g/mol. The van der Waals surface area contributed by atoms with E-state index in [4.69, 9.17) is 9.47 Å². The number of carbonyl (C=O) groups excluding carboxylic acids is 3. The molecule has 3 fully saturated rings. The normalized spacial score (nSPS) is 17.5. The van der Waals surface area contributed by atoms with Crippen molar-refractivity contribution in [1.29, 1.82) is 0 Å². The summed E-state index contributed by atoms with van der Waals surface area (Å²) in [6.45, 7) is 3.48. The largest absolute Gasteiger partial charge is 0.493 e. The molecule has 1 aromatic carbocycles. The van der Waals surface area contributed by atoms with Crippen molar-refractivity contribution < 1.29 is 23.9 Å². The third kappa shape index (κ3) is 6.14. The summed E-state index contributed by atoms with van der Waals surface area (Å²) in [6, 6.07) is 9.49. The zero-order valence-electron chi connectivity index (χ0n) is 24.1. The number of nitrogens with one attached hydrogen (secondary N) is 1. The Kier molecular flexibility index (Phi) is 8.16. The number of pyridine rings is 1. The van der Waals surface area contributed by atoms with Crippen LogP contribution in [0.15, 0.2) is 42.7 Å². The number of rotatable bonds is 11. The van der Waals surface area contributed by atoms with Gasteiger partial charge in [0.15, 0.2) is 11.5 Å². The van der Waals surface area contributed by atoms with Crippen LogP contribution in [0.1, 0.15) is 37.7 Å². The maximum Gasteiger partial charge on any atom is 0.324 e. The van der Waals surface area contributed by atoms with Crippen LogP contribution in [0.2, 0.25) is 0 Å². The molecule has 1 aliphatic carbocycles. The Labute approximate surface area is 245 Å².